The Hall–Kier alpha value is -4.24. The fourth-order valence-corrected chi connectivity index (χ4v) is 4.46. The van der Waals surface area contributed by atoms with Crippen molar-refractivity contribution in [3.8, 4) is 11.5 Å². The lowest BCUT2D eigenvalue weighted by Crippen LogP contribution is -2.44. The second kappa shape index (κ2) is 14.8. The highest BCUT2D eigenvalue weighted by atomic mass is 16.6. The van der Waals surface area contributed by atoms with E-state index >= 15 is 0 Å². The highest BCUT2D eigenvalue weighted by Crippen LogP contribution is 2.30. The molecule has 0 heterocycles. The lowest BCUT2D eigenvalue weighted by Gasteiger charge is -2.32. The number of rotatable bonds is 15. The van der Waals surface area contributed by atoms with Crippen LogP contribution in [0.2, 0.25) is 0 Å². The van der Waals surface area contributed by atoms with E-state index in [2.05, 4.69) is 0 Å². The summed E-state index contributed by atoms with van der Waals surface area (Å²) in [6.45, 7) is 0.835. The number of nitrogens with zero attached hydrogens (tertiary/aromatic N) is 2. The van der Waals surface area contributed by atoms with Gasteiger partial charge < -0.3 is 19.7 Å². The molecule has 40 heavy (non-hydrogen) atoms. The molecule has 0 aliphatic heterocycles. The number of nitro groups is 1. The van der Waals surface area contributed by atoms with E-state index < -0.39 is 17.1 Å². The molecule has 0 aliphatic rings. The third-order valence-electron chi connectivity index (χ3n) is 6.52. The van der Waals surface area contributed by atoms with Gasteiger partial charge in [-0.15, -0.1) is 0 Å². The molecule has 0 saturated carbocycles. The van der Waals surface area contributed by atoms with Crippen LogP contribution in [0.5, 0.6) is 11.5 Å². The summed E-state index contributed by atoms with van der Waals surface area (Å²) in [6.07, 6.45) is -0.476. The summed E-state index contributed by atoms with van der Waals surface area (Å²) in [5.41, 5.74) is 2.49. The number of nitro benzene ring substituents is 1. The summed E-state index contributed by atoms with van der Waals surface area (Å²) in [5, 5.41) is 33.1. The lowest BCUT2D eigenvalue weighted by atomic mass is 10.0. The number of aliphatic hydroxyl groups excluding tert-OH is 2. The molecule has 2 N–H and O–H groups in total. The fourth-order valence-electron chi connectivity index (χ4n) is 4.46. The number of benzene rings is 4. The Bertz CT molecular complexity index is 1320. The van der Waals surface area contributed by atoms with E-state index in [0.717, 1.165) is 11.1 Å². The Balaban J connectivity index is 1.48. The van der Waals surface area contributed by atoms with E-state index in [1.807, 2.05) is 95.9 Å². The minimum atomic E-state index is -0.818. The molecule has 208 valence electrons. The van der Waals surface area contributed by atoms with Crippen molar-refractivity contribution in [2.75, 3.05) is 19.8 Å². The van der Waals surface area contributed by atoms with Crippen LogP contribution in [-0.4, -0.2) is 51.9 Å². The maximum absolute atomic E-state index is 11.9. The van der Waals surface area contributed by atoms with E-state index in [9.17, 15) is 20.3 Å². The van der Waals surface area contributed by atoms with Crippen molar-refractivity contribution in [3.63, 3.8) is 0 Å². The Morgan fingerprint density at radius 2 is 1.43 bits per heavy atom. The smallest absolute Gasteiger partial charge is 0.311 e. The molecule has 1 unspecified atom stereocenters. The van der Waals surface area contributed by atoms with Gasteiger partial charge in [0.15, 0.2) is 5.75 Å². The van der Waals surface area contributed by atoms with Gasteiger partial charge in [-0.3, -0.25) is 15.0 Å². The van der Waals surface area contributed by atoms with E-state index in [1.165, 1.54) is 6.07 Å². The standard InChI is InChI=1S/C32H34N2O6/c35-22-28(18-27-16-17-32(31(19-27)34(37)38)40-23-26-12-6-2-7-13-26)33(20-25-10-4-1-5-11-25)21-29(36)24-39-30-14-8-3-9-15-30/h1-17,19,28-29,35-36H,18,20-24H2/t28-,29?/m0/s1. The molecule has 0 aliphatic carbocycles. The van der Waals surface area contributed by atoms with Gasteiger partial charge in [0.2, 0.25) is 0 Å². The first-order chi connectivity index (χ1) is 19.5. The SMILES string of the molecule is O=[N+]([O-])c1cc(C[C@@H](CO)N(Cc2ccccc2)CC(O)COc2ccccc2)ccc1OCc1ccccc1. The molecule has 4 aromatic carbocycles. The van der Waals surface area contributed by atoms with Crippen LogP contribution in [0.4, 0.5) is 5.69 Å². The lowest BCUT2D eigenvalue weighted by molar-refractivity contribution is -0.386. The van der Waals surface area contributed by atoms with E-state index in [1.54, 1.807) is 12.1 Å². The van der Waals surface area contributed by atoms with Crippen molar-refractivity contribution in [2.45, 2.75) is 31.7 Å². The molecular formula is C32H34N2O6. The third kappa shape index (κ3) is 8.64. The molecule has 8 heteroatoms. The summed E-state index contributed by atoms with van der Waals surface area (Å²) in [4.78, 5) is 13.4. The average molecular weight is 543 g/mol. The monoisotopic (exact) mass is 542 g/mol. The van der Waals surface area contributed by atoms with Gasteiger partial charge in [0.05, 0.1) is 11.5 Å². The second-order valence-electron chi connectivity index (χ2n) is 9.57. The first-order valence-corrected chi connectivity index (χ1v) is 13.2. The topological polar surface area (TPSA) is 105 Å². The normalized spacial score (nSPS) is 12.6. The largest absolute Gasteiger partial charge is 0.491 e. The zero-order valence-electron chi connectivity index (χ0n) is 22.2. The molecule has 2 atom stereocenters. The highest BCUT2D eigenvalue weighted by molar-refractivity contribution is 5.49. The predicted octanol–water partition coefficient (Wildman–Crippen LogP) is 5.02. The van der Waals surface area contributed by atoms with E-state index in [0.29, 0.717) is 24.3 Å². The quantitative estimate of drug-likeness (QED) is 0.161. The molecule has 0 radical (unpaired) electrons. The van der Waals surface area contributed by atoms with Crippen LogP contribution in [0.3, 0.4) is 0 Å². The maximum Gasteiger partial charge on any atom is 0.311 e. The second-order valence-corrected chi connectivity index (χ2v) is 9.57. The van der Waals surface area contributed by atoms with Crippen LogP contribution < -0.4 is 9.47 Å². The van der Waals surface area contributed by atoms with Crippen molar-refractivity contribution in [1.29, 1.82) is 0 Å². The number of para-hydroxylation sites is 1. The van der Waals surface area contributed by atoms with Crippen LogP contribution in [0.1, 0.15) is 16.7 Å². The Labute approximate surface area is 234 Å². The van der Waals surface area contributed by atoms with Gasteiger partial charge in [-0.1, -0.05) is 84.9 Å². The molecule has 0 spiro atoms. The molecule has 0 amide bonds. The van der Waals surface area contributed by atoms with Crippen molar-refractivity contribution in [1.82, 2.24) is 4.90 Å². The number of hydrogen-bond donors (Lipinski definition) is 2. The van der Waals surface area contributed by atoms with Gasteiger partial charge in [-0.05, 0) is 41.3 Å². The first-order valence-electron chi connectivity index (χ1n) is 13.2. The first kappa shape index (κ1) is 28.8. The van der Waals surface area contributed by atoms with Gasteiger partial charge >= 0.3 is 5.69 Å². The van der Waals surface area contributed by atoms with E-state index in [4.69, 9.17) is 9.47 Å². The highest BCUT2D eigenvalue weighted by Gasteiger charge is 2.24. The minimum absolute atomic E-state index is 0.0897. The zero-order chi connectivity index (χ0) is 28.2. The molecule has 4 rings (SSSR count). The fraction of sp³-hybridized carbons (Fsp3) is 0.250. The van der Waals surface area contributed by atoms with Gasteiger partial charge in [-0.25, -0.2) is 0 Å². The van der Waals surface area contributed by atoms with Gasteiger partial charge in [0.1, 0.15) is 25.1 Å². The summed E-state index contributed by atoms with van der Waals surface area (Å²) >= 11 is 0. The van der Waals surface area contributed by atoms with Gasteiger partial charge in [0.25, 0.3) is 0 Å². The third-order valence-corrected chi connectivity index (χ3v) is 6.52. The molecule has 8 nitrogen and oxygen atoms in total. The maximum atomic E-state index is 11.9. The van der Waals surface area contributed by atoms with Crippen LogP contribution in [0.25, 0.3) is 0 Å². The van der Waals surface area contributed by atoms with Gasteiger partial charge in [-0.2, -0.15) is 0 Å². The van der Waals surface area contributed by atoms with Crippen LogP contribution in [0.15, 0.2) is 109 Å². The van der Waals surface area contributed by atoms with Gasteiger partial charge in [0, 0.05) is 25.2 Å². The predicted molar refractivity (Wildman–Crippen MR) is 153 cm³/mol. The minimum Gasteiger partial charge on any atom is -0.491 e. The average Bonchev–Trinajstić information content (AvgIpc) is 2.99. The summed E-state index contributed by atoms with van der Waals surface area (Å²) < 4.78 is 11.5. The molecule has 0 fully saturated rings. The Morgan fingerprint density at radius 3 is 2.05 bits per heavy atom. The van der Waals surface area contributed by atoms with Crippen molar-refractivity contribution < 1.29 is 24.6 Å². The van der Waals surface area contributed by atoms with Crippen LogP contribution >= 0.6 is 0 Å². The molecule has 4 aromatic rings. The molecule has 0 aromatic heterocycles. The molecule has 0 saturated heterocycles. The number of hydrogen-bond acceptors (Lipinski definition) is 7. The summed E-state index contributed by atoms with van der Waals surface area (Å²) in [6, 6.07) is 33.0. The van der Waals surface area contributed by atoms with Crippen LogP contribution in [-0.2, 0) is 19.6 Å². The molecular weight excluding hydrogens is 508 g/mol. The Morgan fingerprint density at radius 1 is 0.800 bits per heavy atom. The van der Waals surface area contributed by atoms with Crippen molar-refractivity contribution in [3.05, 3.63) is 136 Å². The summed E-state index contributed by atoms with van der Waals surface area (Å²) in [5.74, 6) is 0.851. The van der Waals surface area contributed by atoms with Crippen LogP contribution in [0, 0.1) is 10.1 Å². The number of aliphatic hydroxyl groups is 2. The Kier molecular flexibility index (Phi) is 10.6. The molecule has 0 bridgehead atoms. The zero-order valence-corrected chi connectivity index (χ0v) is 22.2. The van der Waals surface area contributed by atoms with Crippen molar-refractivity contribution >= 4 is 5.69 Å². The summed E-state index contributed by atoms with van der Waals surface area (Å²) in [7, 11) is 0. The number of ether oxygens (including phenoxy) is 2. The van der Waals surface area contributed by atoms with Crippen molar-refractivity contribution in [2.24, 2.45) is 0 Å². The van der Waals surface area contributed by atoms with E-state index in [-0.39, 0.29) is 37.8 Å².